The van der Waals surface area contributed by atoms with Gasteiger partial charge in [0.25, 0.3) is 0 Å². The van der Waals surface area contributed by atoms with Gasteiger partial charge in [0.15, 0.2) is 0 Å². The van der Waals surface area contributed by atoms with Crippen molar-refractivity contribution in [1.82, 2.24) is 4.90 Å². The number of unbranched alkanes of at least 4 members (excludes halogenated alkanes) is 18. The molecule has 0 heterocycles. The molecule has 0 aliphatic carbocycles. The van der Waals surface area contributed by atoms with Crippen LogP contribution in [0.4, 0.5) is 0 Å². The number of rotatable bonds is 36. The zero-order valence-electron chi connectivity index (χ0n) is 32.1. The molecule has 0 spiro atoms. The summed E-state index contributed by atoms with van der Waals surface area (Å²) in [6.45, 7) is 10.5. The highest BCUT2D eigenvalue weighted by Gasteiger charge is 2.13. The first kappa shape index (κ1) is 46.4. The van der Waals surface area contributed by atoms with E-state index in [4.69, 9.17) is 9.47 Å². The van der Waals surface area contributed by atoms with E-state index >= 15 is 0 Å². The lowest BCUT2D eigenvalue weighted by molar-refractivity contribution is -0.150. The van der Waals surface area contributed by atoms with Gasteiger partial charge < -0.3 is 19.5 Å². The third-order valence-electron chi connectivity index (χ3n) is 9.11. The first-order valence-corrected chi connectivity index (χ1v) is 20.7. The van der Waals surface area contributed by atoms with Gasteiger partial charge in [-0.2, -0.15) is 0 Å². The molecule has 282 valence electrons. The van der Waals surface area contributed by atoms with Gasteiger partial charge in [-0.05, 0) is 70.9 Å². The van der Waals surface area contributed by atoms with Crippen molar-refractivity contribution in [3.8, 4) is 11.8 Å². The molecule has 6 heteroatoms. The highest BCUT2D eigenvalue weighted by Crippen LogP contribution is 2.16. The first-order valence-electron chi connectivity index (χ1n) is 20.7. The molecule has 0 radical (unpaired) electrons. The molecule has 0 unspecified atom stereocenters. The van der Waals surface area contributed by atoms with Crippen molar-refractivity contribution in [2.45, 2.75) is 213 Å². The summed E-state index contributed by atoms with van der Waals surface area (Å²) in [4.78, 5) is 26.7. The second-order valence-electron chi connectivity index (χ2n) is 13.9. The number of hydrogen-bond acceptors (Lipinski definition) is 6. The van der Waals surface area contributed by atoms with Crippen LogP contribution in [0, 0.1) is 11.8 Å². The Hall–Kier alpha value is -1.58. The Morgan fingerprint density at radius 2 is 1.00 bits per heavy atom. The number of carbonyl (C=O) groups excluding carboxylic acids is 2. The van der Waals surface area contributed by atoms with Crippen LogP contribution in [0.1, 0.15) is 207 Å². The van der Waals surface area contributed by atoms with Crippen LogP contribution in [0.15, 0.2) is 0 Å². The van der Waals surface area contributed by atoms with Gasteiger partial charge in [-0.3, -0.25) is 9.59 Å². The molecular formula is C42H79NO5. The van der Waals surface area contributed by atoms with E-state index in [0.29, 0.717) is 19.4 Å². The van der Waals surface area contributed by atoms with Crippen molar-refractivity contribution in [1.29, 1.82) is 0 Å². The van der Waals surface area contributed by atoms with Gasteiger partial charge in [-0.15, -0.1) is 11.8 Å². The molecule has 0 fully saturated rings. The lowest BCUT2D eigenvalue weighted by Gasteiger charge is -2.22. The number of nitrogens with zero attached hydrogens (tertiary/aromatic N) is 1. The van der Waals surface area contributed by atoms with E-state index < -0.39 is 0 Å². The molecular weight excluding hydrogens is 598 g/mol. The molecule has 0 bridgehead atoms. The van der Waals surface area contributed by atoms with Crippen molar-refractivity contribution < 1.29 is 24.2 Å². The van der Waals surface area contributed by atoms with E-state index in [1.165, 1.54) is 77.0 Å². The Labute approximate surface area is 298 Å². The maximum atomic E-state index is 12.3. The van der Waals surface area contributed by atoms with Crippen LogP contribution in [-0.4, -0.2) is 60.9 Å². The zero-order chi connectivity index (χ0) is 35.2. The molecule has 0 rings (SSSR count). The van der Waals surface area contributed by atoms with Crippen molar-refractivity contribution >= 4 is 11.9 Å². The summed E-state index contributed by atoms with van der Waals surface area (Å²) in [5, 5.41) is 9.34. The fourth-order valence-corrected chi connectivity index (χ4v) is 6.05. The van der Waals surface area contributed by atoms with E-state index in [9.17, 15) is 14.7 Å². The van der Waals surface area contributed by atoms with Crippen LogP contribution in [0.2, 0.25) is 0 Å². The second-order valence-corrected chi connectivity index (χ2v) is 13.9. The highest BCUT2D eigenvalue weighted by molar-refractivity contribution is 5.69. The summed E-state index contributed by atoms with van der Waals surface area (Å²) in [6, 6.07) is 0. The van der Waals surface area contributed by atoms with Crippen molar-refractivity contribution in [2.24, 2.45) is 0 Å². The summed E-state index contributed by atoms with van der Waals surface area (Å²) in [5.41, 5.74) is 0. The van der Waals surface area contributed by atoms with Gasteiger partial charge >= 0.3 is 11.9 Å². The van der Waals surface area contributed by atoms with Gasteiger partial charge in [0.05, 0.1) is 6.61 Å². The summed E-state index contributed by atoms with van der Waals surface area (Å²) >= 11 is 0. The molecule has 6 nitrogen and oxygen atoms in total. The molecule has 0 amide bonds. The Morgan fingerprint density at radius 1 is 0.542 bits per heavy atom. The molecule has 0 aromatic heterocycles. The third kappa shape index (κ3) is 34.3. The number of aliphatic hydroxyl groups is 1. The van der Waals surface area contributed by atoms with Gasteiger partial charge in [0, 0.05) is 38.8 Å². The van der Waals surface area contributed by atoms with Crippen LogP contribution < -0.4 is 0 Å². The minimum absolute atomic E-state index is 0.000607. The van der Waals surface area contributed by atoms with Gasteiger partial charge in [-0.25, -0.2) is 0 Å². The van der Waals surface area contributed by atoms with Crippen LogP contribution in [0.5, 0.6) is 0 Å². The molecule has 0 aromatic rings. The smallest absolute Gasteiger partial charge is 0.306 e. The number of hydrogen-bond donors (Lipinski definition) is 1. The molecule has 48 heavy (non-hydrogen) atoms. The van der Waals surface area contributed by atoms with Crippen LogP contribution in [0.3, 0.4) is 0 Å². The maximum Gasteiger partial charge on any atom is 0.306 e. The predicted octanol–water partition coefficient (Wildman–Crippen LogP) is 11.1. The van der Waals surface area contributed by atoms with Gasteiger partial charge in [0.1, 0.15) is 6.10 Å². The largest absolute Gasteiger partial charge is 0.466 e. The predicted molar refractivity (Wildman–Crippen MR) is 203 cm³/mol. The van der Waals surface area contributed by atoms with Crippen molar-refractivity contribution in [2.75, 3.05) is 32.8 Å². The van der Waals surface area contributed by atoms with Crippen LogP contribution in [-0.2, 0) is 19.1 Å². The Kier molecular flexibility index (Phi) is 37.0. The van der Waals surface area contributed by atoms with Crippen molar-refractivity contribution in [3.63, 3.8) is 0 Å². The fraction of sp³-hybridized carbons (Fsp3) is 0.905. The molecule has 0 saturated heterocycles. The van der Waals surface area contributed by atoms with Gasteiger partial charge in [0.2, 0.25) is 0 Å². The van der Waals surface area contributed by atoms with E-state index in [-0.39, 0.29) is 24.6 Å². The average Bonchev–Trinajstić information content (AvgIpc) is 3.09. The Bertz CT molecular complexity index is 753. The van der Waals surface area contributed by atoms with Crippen LogP contribution >= 0.6 is 0 Å². The molecule has 0 atom stereocenters. The molecule has 0 aliphatic rings. The monoisotopic (exact) mass is 678 g/mol. The normalized spacial score (nSPS) is 11.2. The number of ether oxygens (including phenoxy) is 2. The second kappa shape index (κ2) is 38.2. The van der Waals surface area contributed by atoms with E-state index in [2.05, 4.69) is 37.5 Å². The zero-order valence-corrected chi connectivity index (χ0v) is 32.1. The number of esters is 2. The summed E-state index contributed by atoms with van der Waals surface area (Å²) in [6.07, 6.45) is 31.8. The van der Waals surface area contributed by atoms with Gasteiger partial charge in [-0.1, -0.05) is 124 Å². The van der Waals surface area contributed by atoms with Crippen LogP contribution in [0.25, 0.3) is 0 Å². The lowest BCUT2D eigenvalue weighted by Crippen LogP contribution is -2.27. The standard InChI is InChI=1S/C42H79NO5/c1-4-7-10-11-24-29-39-47-41(45)33-25-20-17-15-13-12-14-16-18-22-27-35-43(37-30-38-44)36-28-23-19-21-26-34-42(46)48-40(31-8-5-2)32-9-6-3/h40,44H,4-9,12-39H2,1-3H3. The molecule has 0 saturated carbocycles. The molecule has 0 aromatic carbocycles. The first-order chi connectivity index (χ1) is 23.6. The summed E-state index contributed by atoms with van der Waals surface area (Å²) in [5.74, 6) is 6.20. The lowest BCUT2D eigenvalue weighted by atomic mass is 10.0. The minimum atomic E-state index is -0.0520. The SMILES string of the molecule is CCCC#CCCCOC(=O)CCCCCCCCCCCCCN(CCCO)CCCCCCCC(=O)OC(CCCC)CCCC. The Morgan fingerprint density at radius 3 is 1.50 bits per heavy atom. The van der Waals surface area contributed by atoms with E-state index in [0.717, 1.165) is 116 Å². The number of aliphatic hydroxyl groups excluding tert-OH is 1. The number of carbonyl (C=O) groups is 2. The minimum Gasteiger partial charge on any atom is -0.466 e. The van der Waals surface area contributed by atoms with Crippen molar-refractivity contribution in [3.05, 3.63) is 0 Å². The Balaban J connectivity index is 3.71. The molecule has 0 aliphatic heterocycles. The van der Waals surface area contributed by atoms with E-state index in [1.54, 1.807) is 0 Å². The summed E-state index contributed by atoms with van der Waals surface area (Å²) < 4.78 is 11.1. The average molecular weight is 678 g/mol. The third-order valence-corrected chi connectivity index (χ3v) is 9.11. The maximum absolute atomic E-state index is 12.3. The summed E-state index contributed by atoms with van der Waals surface area (Å²) in [7, 11) is 0. The fourth-order valence-electron chi connectivity index (χ4n) is 6.05. The van der Waals surface area contributed by atoms with E-state index in [1.807, 2.05) is 0 Å². The highest BCUT2D eigenvalue weighted by atomic mass is 16.5. The molecule has 1 N–H and O–H groups in total. The topological polar surface area (TPSA) is 76.1 Å². The quantitative estimate of drug-likeness (QED) is 0.0404.